The summed E-state index contributed by atoms with van der Waals surface area (Å²) in [4.78, 5) is 4.25. The summed E-state index contributed by atoms with van der Waals surface area (Å²) in [6, 6.07) is 14.0. The van der Waals surface area contributed by atoms with Gasteiger partial charge in [0.2, 0.25) is 0 Å². The van der Waals surface area contributed by atoms with Gasteiger partial charge in [0.1, 0.15) is 5.75 Å². The largest absolute Gasteiger partial charge is 0.493 e. The second-order valence-electron chi connectivity index (χ2n) is 4.05. The molecule has 0 aliphatic heterocycles. The predicted octanol–water partition coefficient (Wildman–Crippen LogP) is 2.75. The standard InChI is InChI=1S/C15H18N2OS/c16-9-8-13-4-6-14(7-5-13)18-11-12-19-15-3-1-2-10-17-15/h1-7,10H,8-9,11-12,16H2. The third kappa shape index (κ3) is 4.93. The molecular formula is C15H18N2OS. The van der Waals surface area contributed by atoms with Crippen molar-refractivity contribution in [3.8, 4) is 5.75 Å². The van der Waals surface area contributed by atoms with Crippen LogP contribution >= 0.6 is 11.8 Å². The molecule has 1 heterocycles. The number of benzene rings is 1. The predicted molar refractivity (Wildman–Crippen MR) is 79.7 cm³/mol. The molecule has 0 aliphatic carbocycles. The van der Waals surface area contributed by atoms with E-state index in [2.05, 4.69) is 17.1 Å². The zero-order chi connectivity index (χ0) is 13.3. The third-order valence-corrected chi connectivity index (χ3v) is 3.50. The third-order valence-electron chi connectivity index (χ3n) is 2.60. The van der Waals surface area contributed by atoms with Crippen molar-refractivity contribution in [1.82, 2.24) is 4.98 Å². The van der Waals surface area contributed by atoms with Crippen LogP contribution in [0.15, 0.2) is 53.7 Å². The summed E-state index contributed by atoms with van der Waals surface area (Å²) < 4.78 is 5.68. The van der Waals surface area contributed by atoms with Gasteiger partial charge in [0.05, 0.1) is 11.6 Å². The molecule has 0 aliphatic rings. The fourth-order valence-corrected chi connectivity index (χ4v) is 2.34. The minimum Gasteiger partial charge on any atom is -0.493 e. The van der Waals surface area contributed by atoms with Gasteiger partial charge < -0.3 is 10.5 Å². The van der Waals surface area contributed by atoms with E-state index >= 15 is 0 Å². The van der Waals surface area contributed by atoms with Gasteiger partial charge in [-0.1, -0.05) is 18.2 Å². The SMILES string of the molecule is NCCc1ccc(OCCSc2ccccn2)cc1. The van der Waals surface area contributed by atoms with Gasteiger partial charge in [0.25, 0.3) is 0 Å². The first-order chi connectivity index (χ1) is 9.38. The van der Waals surface area contributed by atoms with E-state index in [-0.39, 0.29) is 0 Å². The second kappa shape index (κ2) is 7.81. The van der Waals surface area contributed by atoms with Crippen molar-refractivity contribution in [2.24, 2.45) is 5.73 Å². The Balaban J connectivity index is 1.70. The fraction of sp³-hybridized carbons (Fsp3) is 0.267. The maximum absolute atomic E-state index is 5.68. The Morgan fingerprint density at radius 3 is 2.63 bits per heavy atom. The molecule has 0 unspecified atom stereocenters. The first kappa shape index (κ1) is 13.9. The summed E-state index contributed by atoms with van der Waals surface area (Å²) in [5, 5.41) is 1.03. The summed E-state index contributed by atoms with van der Waals surface area (Å²) >= 11 is 1.70. The van der Waals surface area contributed by atoms with Crippen LogP contribution in [-0.4, -0.2) is 23.9 Å². The van der Waals surface area contributed by atoms with Gasteiger partial charge in [0.15, 0.2) is 0 Å². The number of ether oxygens (including phenoxy) is 1. The molecule has 1 aromatic carbocycles. The number of hydrogen-bond acceptors (Lipinski definition) is 4. The van der Waals surface area contributed by atoms with E-state index in [9.17, 15) is 0 Å². The average Bonchev–Trinajstić information content (AvgIpc) is 2.47. The lowest BCUT2D eigenvalue weighted by atomic mass is 10.1. The van der Waals surface area contributed by atoms with Crippen LogP contribution < -0.4 is 10.5 Å². The number of rotatable bonds is 7. The number of aromatic nitrogens is 1. The number of nitrogens with zero attached hydrogens (tertiary/aromatic N) is 1. The van der Waals surface area contributed by atoms with Crippen LogP contribution in [0, 0.1) is 0 Å². The van der Waals surface area contributed by atoms with E-state index < -0.39 is 0 Å². The van der Waals surface area contributed by atoms with Gasteiger partial charge >= 0.3 is 0 Å². The van der Waals surface area contributed by atoms with E-state index in [0.29, 0.717) is 13.2 Å². The lowest BCUT2D eigenvalue weighted by Crippen LogP contribution is -2.03. The first-order valence-corrected chi connectivity index (χ1v) is 7.32. The summed E-state index contributed by atoms with van der Waals surface area (Å²) in [7, 11) is 0. The smallest absolute Gasteiger partial charge is 0.119 e. The van der Waals surface area contributed by atoms with Crippen LogP contribution in [-0.2, 0) is 6.42 Å². The number of thioether (sulfide) groups is 1. The molecule has 1 aromatic heterocycles. The van der Waals surface area contributed by atoms with Crippen LogP contribution in [0.25, 0.3) is 0 Å². The highest BCUT2D eigenvalue weighted by Gasteiger charge is 1.97. The molecule has 2 rings (SSSR count). The molecular weight excluding hydrogens is 256 g/mol. The minimum absolute atomic E-state index is 0.678. The number of hydrogen-bond donors (Lipinski definition) is 1. The van der Waals surface area contributed by atoms with Crippen molar-refractivity contribution >= 4 is 11.8 Å². The van der Waals surface area contributed by atoms with E-state index in [1.54, 1.807) is 18.0 Å². The Labute approximate surface area is 118 Å². The van der Waals surface area contributed by atoms with Gasteiger partial charge in [-0.3, -0.25) is 0 Å². The van der Waals surface area contributed by atoms with Gasteiger partial charge in [-0.15, -0.1) is 11.8 Å². The summed E-state index contributed by atoms with van der Waals surface area (Å²) in [5.41, 5.74) is 6.76. The van der Waals surface area contributed by atoms with Crippen molar-refractivity contribution in [2.75, 3.05) is 18.9 Å². The van der Waals surface area contributed by atoms with Crippen LogP contribution in [0.3, 0.4) is 0 Å². The highest BCUT2D eigenvalue weighted by Crippen LogP contribution is 2.16. The van der Waals surface area contributed by atoms with Gasteiger partial charge in [-0.25, -0.2) is 4.98 Å². The van der Waals surface area contributed by atoms with Gasteiger partial charge in [-0.05, 0) is 42.8 Å². The molecule has 0 bridgehead atoms. The molecule has 100 valence electrons. The molecule has 2 N–H and O–H groups in total. The van der Waals surface area contributed by atoms with E-state index in [0.717, 1.165) is 22.9 Å². The van der Waals surface area contributed by atoms with Crippen molar-refractivity contribution in [2.45, 2.75) is 11.4 Å². The Hall–Kier alpha value is -1.52. The van der Waals surface area contributed by atoms with Crippen LogP contribution in [0.5, 0.6) is 5.75 Å². The molecule has 0 spiro atoms. The Morgan fingerprint density at radius 1 is 1.11 bits per heavy atom. The lowest BCUT2D eigenvalue weighted by molar-refractivity contribution is 0.344. The van der Waals surface area contributed by atoms with Crippen molar-refractivity contribution in [3.05, 3.63) is 54.2 Å². The summed E-state index contributed by atoms with van der Waals surface area (Å²) in [5.74, 6) is 1.80. The highest BCUT2D eigenvalue weighted by molar-refractivity contribution is 7.99. The van der Waals surface area contributed by atoms with Gasteiger partial charge in [-0.2, -0.15) is 0 Å². The Bertz CT molecular complexity index is 473. The number of pyridine rings is 1. The molecule has 0 fully saturated rings. The molecule has 0 atom stereocenters. The monoisotopic (exact) mass is 274 g/mol. The van der Waals surface area contributed by atoms with E-state index in [1.165, 1.54) is 5.56 Å². The summed E-state index contributed by atoms with van der Waals surface area (Å²) in [6.07, 6.45) is 2.72. The second-order valence-corrected chi connectivity index (χ2v) is 5.16. The van der Waals surface area contributed by atoms with E-state index in [1.807, 2.05) is 30.3 Å². The van der Waals surface area contributed by atoms with Crippen molar-refractivity contribution in [3.63, 3.8) is 0 Å². The van der Waals surface area contributed by atoms with Crippen LogP contribution in [0.4, 0.5) is 0 Å². The molecule has 4 heteroatoms. The number of nitrogens with two attached hydrogens (primary N) is 1. The topological polar surface area (TPSA) is 48.1 Å². The molecule has 19 heavy (non-hydrogen) atoms. The Kier molecular flexibility index (Phi) is 5.72. The maximum Gasteiger partial charge on any atom is 0.119 e. The van der Waals surface area contributed by atoms with Gasteiger partial charge in [0, 0.05) is 11.9 Å². The molecule has 0 saturated carbocycles. The first-order valence-electron chi connectivity index (χ1n) is 6.34. The highest BCUT2D eigenvalue weighted by atomic mass is 32.2. The van der Waals surface area contributed by atoms with Crippen molar-refractivity contribution < 1.29 is 4.74 Å². The molecule has 3 nitrogen and oxygen atoms in total. The lowest BCUT2D eigenvalue weighted by Gasteiger charge is -2.06. The van der Waals surface area contributed by atoms with Crippen molar-refractivity contribution in [1.29, 1.82) is 0 Å². The zero-order valence-electron chi connectivity index (χ0n) is 10.8. The maximum atomic E-state index is 5.68. The van der Waals surface area contributed by atoms with Crippen LogP contribution in [0.1, 0.15) is 5.56 Å². The minimum atomic E-state index is 0.678. The summed E-state index contributed by atoms with van der Waals surface area (Å²) in [6.45, 7) is 1.36. The normalized spacial score (nSPS) is 10.4. The quantitative estimate of drug-likeness (QED) is 0.623. The molecule has 0 radical (unpaired) electrons. The Morgan fingerprint density at radius 2 is 1.95 bits per heavy atom. The average molecular weight is 274 g/mol. The van der Waals surface area contributed by atoms with E-state index in [4.69, 9.17) is 10.5 Å². The zero-order valence-corrected chi connectivity index (χ0v) is 11.6. The molecule has 0 amide bonds. The molecule has 0 saturated heterocycles. The van der Waals surface area contributed by atoms with Crippen LogP contribution in [0.2, 0.25) is 0 Å². The fourth-order valence-electron chi connectivity index (χ4n) is 1.66. The molecule has 2 aromatic rings.